The van der Waals surface area contributed by atoms with Crippen molar-refractivity contribution in [3.63, 3.8) is 0 Å². The maximum absolute atomic E-state index is 3.58. The van der Waals surface area contributed by atoms with Crippen molar-refractivity contribution in [3.05, 3.63) is 0 Å². The molecule has 2 rings (SSSR count). The van der Waals surface area contributed by atoms with Crippen molar-refractivity contribution in [2.24, 2.45) is 5.92 Å². The van der Waals surface area contributed by atoms with Crippen molar-refractivity contribution in [3.8, 4) is 0 Å². The van der Waals surface area contributed by atoms with Crippen LogP contribution < -0.4 is 5.32 Å². The van der Waals surface area contributed by atoms with Crippen molar-refractivity contribution < 1.29 is 0 Å². The molecule has 2 fully saturated rings. The Morgan fingerprint density at radius 3 is 2.73 bits per heavy atom. The maximum atomic E-state index is 3.58. The molecular weight excluding hydrogens is 184 g/mol. The average molecular weight is 210 g/mol. The second-order valence-corrected chi connectivity index (χ2v) is 5.30. The Hall–Kier alpha value is -0.0800. The molecule has 1 N–H and O–H groups in total. The van der Waals surface area contributed by atoms with E-state index in [-0.39, 0.29) is 0 Å². The third-order valence-electron chi connectivity index (χ3n) is 3.86. The minimum absolute atomic E-state index is 0.890. The topological polar surface area (TPSA) is 15.3 Å². The number of unbranched alkanes of at least 4 members (excludes halogenated alkanes) is 1. The van der Waals surface area contributed by atoms with Crippen molar-refractivity contribution in [1.29, 1.82) is 0 Å². The molecule has 1 heterocycles. The highest BCUT2D eigenvalue weighted by Gasteiger charge is 2.21. The molecular formula is C13H26N2. The van der Waals surface area contributed by atoms with Gasteiger partial charge in [-0.15, -0.1) is 0 Å². The van der Waals surface area contributed by atoms with E-state index in [4.69, 9.17) is 0 Å². The molecule has 0 aromatic carbocycles. The largest absolute Gasteiger partial charge is 0.314 e. The number of rotatable bonds is 7. The summed E-state index contributed by atoms with van der Waals surface area (Å²) in [6.45, 7) is 7.63. The molecule has 0 radical (unpaired) electrons. The minimum atomic E-state index is 0.890. The lowest BCUT2D eigenvalue weighted by Crippen LogP contribution is -2.23. The van der Waals surface area contributed by atoms with E-state index in [9.17, 15) is 0 Å². The normalized spacial score (nSPS) is 27.4. The van der Waals surface area contributed by atoms with Gasteiger partial charge in [0.1, 0.15) is 0 Å². The number of nitrogens with one attached hydrogen (secondary N) is 1. The Kier molecular flexibility index (Phi) is 4.45. The summed E-state index contributed by atoms with van der Waals surface area (Å²) in [5.41, 5.74) is 0. The Bertz CT molecular complexity index is 177. The summed E-state index contributed by atoms with van der Waals surface area (Å²) in [6, 6.07) is 0.890. The lowest BCUT2D eigenvalue weighted by atomic mass is 10.1. The zero-order valence-corrected chi connectivity index (χ0v) is 10.2. The first-order chi connectivity index (χ1) is 7.38. The Morgan fingerprint density at radius 2 is 2.07 bits per heavy atom. The highest BCUT2D eigenvalue weighted by atomic mass is 15.1. The maximum Gasteiger partial charge on any atom is 0.00682 e. The van der Waals surface area contributed by atoms with Gasteiger partial charge in [0, 0.05) is 12.6 Å². The summed E-state index contributed by atoms with van der Waals surface area (Å²) in [4.78, 5) is 2.66. The van der Waals surface area contributed by atoms with Crippen LogP contribution in [0, 0.1) is 5.92 Å². The molecule has 1 saturated heterocycles. The van der Waals surface area contributed by atoms with Crippen molar-refractivity contribution >= 4 is 0 Å². The summed E-state index contributed by atoms with van der Waals surface area (Å²) >= 11 is 0. The first-order valence-corrected chi connectivity index (χ1v) is 6.84. The number of nitrogens with zero attached hydrogens (tertiary/aromatic N) is 1. The molecule has 0 bridgehead atoms. The van der Waals surface area contributed by atoms with Gasteiger partial charge in [0.05, 0.1) is 0 Å². The van der Waals surface area contributed by atoms with Gasteiger partial charge in [-0.1, -0.05) is 13.3 Å². The standard InChI is InChI=1S/C13H26N2/c1-2-12-7-10-15(11-12)9-4-3-8-14-13-5-6-13/h12-14H,2-11H2,1H3. The predicted molar refractivity (Wildman–Crippen MR) is 65.1 cm³/mol. The predicted octanol–water partition coefficient (Wildman–Crippen LogP) is 2.25. The van der Waals surface area contributed by atoms with Gasteiger partial charge in [0.15, 0.2) is 0 Å². The smallest absolute Gasteiger partial charge is 0.00682 e. The van der Waals surface area contributed by atoms with Gasteiger partial charge < -0.3 is 10.2 Å². The molecule has 1 unspecified atom stereocenters. The van der Waals surface area contributed by atoms with Gasteiger partial charge >= 0.3 is 0 Å². The molecule has 0 aromatic heterocycles. The van der Waals surface area contributed by atoms with E-state index >= 15 is 0 Å². The van der Waals surface area contributed by atoms with Crippen LogP contribution in [0.3, 0.4) is 0 Å². The van der Waals surface area contributed by atoms with Gasteiger partial charge in [-0.2, -0.15) is 0 Å². The van der Waals surface area contributed by atoms with Crippen LogP contribution in [-0.2, 0) is 0 Å². The van der Waals surface area contributed by atoms with E-state index in [1.807, 2.05) is 0 Å². The summed E-state index contributed by atoms with van der Waals surface area (Å²) in [6.07, 6.45) is 8.41. The molecule has 2 heteroatoms. The molecule has 1 aliphatic heterocycles. The fourth-order valence-corrected chi connectivity index (χ4v) is 2.50. The third-order valence-corrected chi connectivity index (χ3v) is 3.86. The van der Waals surface area contributed by atoms with Crippen LogP contribution in [-0.4, -0.2) is 37.1 Å². The monoisotopic (exact) mass is 210 g/mol. The molecule has 0 spiro atoms. The minimum Gasteiger partial charge on any atom is -0.314 e. The van der Waals surface area contributed by atoms with Gasteiger partial charge in [-0.3, -0.25) is 0 Å². The van der Waals surface area contributed by atoms with Crippen LogP contribution in [0.2, 0.25) is 0 Å². The van der Waals surface area contributed by atoms with Crippen LogP contribution in [0.4, 0.5) is 0 Å². The number of hydrogen-bond donors (Lipinski definition) is 1. The van der Waals surface area contributed by atoms with Crippen molar-refractivity contribution in [2.45, 2.75) is 51.5 Å². The SMILES string of the molecule is CCC1CCN(CCCCNC2CC2)C1. The Balaban J connectivity index is 1.43. The van der Waals surface area contributed by atoms with Gasteiger partial charge in [0.2, 0.25) is 0 Å². The molecule has 1 atom stereocenters. The lowest BCUT2D eigenvalue weighted by molar-refractivity contribution is 0.314. The van der Waals surface area contributed by atoms with Crippen LogP contribution in [0.5, 0.6) is 0 Å². The zero-order valence-electron chi connectivity index (χ0n) is 10.2. The average Bonchev–Trinajstić information content (AvgIpc) is 2.96. The van der Waals surface area contributed by atoms with E-state index in [1.165, 1.54) is 64.7 Å². The fraction of sp³-hybridized carbons (Fsp3) is 1.00. The second-order valence-electron chi connectivity index (χ2n) is 5.30. The van der Waals surface area contributed by atoms with Crippen LogP contribution in [0.15, 0.2) is 0 Å². The lowest BCUT2D eigenvalue weighted by Gasteiger charge is -2.15. The van der Waals surface area contributed by atoms with Gasteiger partial charge in [-0.05, 0) is 57.7 Å². The van der Waals surface area contributed by atoms with E-state index in [2.05, 4.69) is 17.1 Å². The number of hydrogen-bond acceptors (Lipinski definition) is 2. The van der Waals surface area contributed by atoms with Crippen LogP contribution in [0.1, 0.15) is 45.4 Å². The molecule has 15 heavy (non-hydrogen) atoms. The Morgan fingerprint density at radius 1 is 1.20 bits per heavy atom. The van der Waals surface area contributed by atoms with Crippen LogP contribution in [0.25, 0.3) is 0 Å². The van der Waals surface area contributed by atoms with E-state index in [0.29, 0.717) is 0 Å². The third kappa shape index (κ3) is 4.12. The molecule has 88 valence electrons. The first-order valence-electron chi connectivity index (χ1n) is 6.84. The summed E-state index contributed by atoms with van der Waals surface area (Å²) < 4.78 is 0. The first kappa shape index (κ1) is 11.4. The molecule has 1 saturated carbocycles. The molecule has 1 aliphatic carbocycles. The highest BCUT2D eigenvalue weighted by molar-refractivity contribution is 4.80. The molecule has 2 nitrogen and oxygen atoms in total. The summed E-state index contributed by atoms with van der Waals surface area (Å²) in [5, 5.41) is 3.58. The molecule has 0 amide bonds. The van der Waals surface area contributed by atoms with E-state index < -0.39 is 0 Å². The highest BCUT2D eigenvalue weighted by Crippen LogP contribution is 2.20. The molecule has 0 aromatic rings. The second kappa shape index (κ2) is 5.86. The van der Waals surface area contributed by atoms with Crippen molar-refractivity contribution in [2.75, 3.05) is 26.2 Å². The van der Waals surface area contributed by atoms with E-state index in [0.717, 1.165) is 12.0 Å². The van der Waals surface area contributed by atoms with E-state index in [1.54, 1.807) is 0 Å². The fourth-order valence-electron chi connectivity index (χ4n) is 2.50. The summed E-state index contributed by atoms with van der Waals surface area (Å²) in [5.74, 6) is 0.995. The zero-order chi connectivity index (χ0) is 10.5. The quantitative estimate of drug-likeness (QED) is 0.648. The van der Waals surface area contributed by atoms with Gasteiger partial charge in [0.25, 0.3) is 0 Å². The van der Waals surface area contributed by atoms with Crippen molar-refractivity contribution in [1.82, 2.24) is 10.2 Å². The van der Waals surface area contributed by atoms with Gasteiger partial charge in [-0.25, -0.2) is 0 Å². The molecule has 2 aliphatic rings. The number of likely N-dealkylation sites (tertiary alicyclic amines) is 1. The van der Waals surface area contributed by atoms with Crippen LogP contribution >= 0.6 is 0 Å². The summed E-state index contributed by atoms with van der Waals surface area (Å²) in [7, 11) is 0. The Labute approximate surface area is 94.4 Å².